The number of hydrogen-bond acceptors (Lipinski definition) is 6. The van der Waals surface area contributed by atoms with Crippen LogP contribution in [-0.4, -0.2) is 35.1 Å². The molecule has 7 nitrogen and oxygen atoms in total. The van der Waals surface area contributed by atoms with Crippen LogP contribution in [0.2, 0.25) is 0 Å². The molecule has 2 N–H and O–H groups in total. The van der Waals surface area contributed by atoms with Crippen LogP contribution in [0.5, 0.6) is 0 Å². The number of carbonyl (C=O) groups excluding carboxylic acids is 2. The minimum atomic E-state index is -0.663. The lowest BCUT2D eigenvalue weighted by Crippen LogP contribution is -2.33. The summed E-state index contributed by atoms with van der Waals surface area (Å²) in [6.45, 7) is 6.07. The van der Waals surface area contributed by atoms with Crippen molar-refractivity contribution in [2.24, 2.45) is 5.92 Å². The van der Waals surface area contributed by atoms with Crippen molar-refractivity contribution in [1.29, 1.82) is 0 Å². The van der Waals surface area contributed by atoms with Gasteiger partial charge in [0.15, 0.2) is 0 Å². The number of aromatic nitrogens is 2. The minimum Gasteiger partial charge on any atom is -0.463 e. The average molecular weight is 464 g/mol. The molecular formula is C27H33N3O4. The molecule has 1 aliphatic heterocycles. The monoisotopic (exact) mass is 463 g/mol. The van der Waals surface area contributed by atoms with Crippen LogP contribution in [0.3, 0.4) is 0 Å². The highest BCUT2D eigenvalue weighted by Crippen LogP contribution is 2.39. The van der Waals surface area contributed by atoms with Crippen molar-refractivity contribution in [3.05, 3.63) is 64.8 Å². The van der Waals surface area contributed by atoms with Gasteiger partial charge in [-0.2, -0.15) is 0 Å². The molecule has 2 aliphatic rings. The predicted octanol–water partition coefficient (Wildman–Crippen LogP) is 5.00. The third-order valence-corrected chi connectivity index (χ3v) is 6.60. The maximum absolute atomic E-state index is 13.4. The molecule has 1 atom stereocenters. The number of imidazole rings is 1. The van der Waals surface area contributed by atoms with Crippen LogP contribution in [0.25, 0.3) is 11.4 Å². The second-order valence-electron chi connectivity index (χ2n) is 9.01. The number of benzene rings is 1. The largest absolute Gasteiger partial charge is 0.463 e. The maximum Gasteiger partial charge on any atom is 0.336 e. The quantitative estimate of drug-likeness (QED) is 0.562. The molecule has 0 spiro atoms. The lowest BCUT2D eigenvalue weighted by molar-refractivity contribution is -0.141. The van der Waals surface area contributed by atoms with Gasteiger partial charge in [0.05, 0.1) is 30.3 Å². The Morgan fingerprint density at radius 2 is 1.62 bits per heavy atom. The zero-order valence-corrected chi connectivity index (χ0v) is 20.1. The molecule has 1 aromatic heterocycles. The fourth-order valence-electron chi connectivity index (χ4n) is 4.90. The molecule has 1 saturated carbocycles. The number of hydrogen-bond donors (Lipinski definition) is 2. The number of H-pyrrole nitrogens is 1. The molecule has 7 heteroatoms. The first-order chi connectivity index (χ1) is 16.5. The van der Waals surface area contributed by atoms with Gasteiger partial charge in [-0.15, -0.1) is 0 Å². The number of rotatable bonds is 7. The van der Waals surface area contributed by atoms with Crippen molar-refractivity contribution in [3.8, 4) is 11.4 Å². The molecule has 0 amide bonds. The van der Waals surface area contributed by atoms with E-state index in [-0.39, 0.29) is 6.61 Å². The summed E-state index contributed by atoms with van der Waals surface area (Å²) in [5.74, 6) is -0.469. The van der Waals surface area contributed by atoms with E-state index in [1.54, 1.807) is 13.1 Å². The van der Waals surface area contributed by atoms with Gasteiger partial charge in [-0.1, -0.05) is 49.6 Å². The lowest BCUT2D eigenvalue weighted by Gasteiger charge is -2.30. The van der Waals surface area contributed by atoms with Crippen LogP contribution in [0, 0.1) is 5.92 Å². The molecule has 1 aromatic carbocycles. The summed E-state index contributed by atoms with van der Waals surface area (Å²) in [5, 5.41) is 3.20. The smallest absolute Gasteiger partial charge is 0.336 e. The summed E-state index contributed by atoms with van der Waals surface area (Å²) >= 11 is 0. The standard InChI is InChI=1S/C27H33N3O4/c1-4-33-26(31)22-17(2)29-18(3)23(27(32)34-16-19-11-7-5-8-12-19)24(22)21-15-28-25(30-21)20-13-9-6-10-14-20/h6,9-10,13-15,19,24,29H,4-5,7-8,11-12,16H2,1-3H3,(H,28,30). The molecule has 0 radical (unpaired) electrons. The van der Waals surface area contributed by atoms with Crippen molar-refractivity contribution >= 4 is 11.9 Å². The molecule has 4 rings (SSSR count). The summed E-state index contributed by atoms with van der Waals surface area (Å²) in [4.78, 5) is 34.3. The highest BCUT2D eigenvalue weighted by molar-refractivity contribution is 5.99. The third kappa shape index (κ3) is 5.08. The Balaban J connectivity index is 1.68. The van der Waals surface area contributed by atoms with Crippen LogP contribution in [0.15, 0.2) is 59.1 Å². The second kappa shape index (κ2) is 10.7. The van der Waals surface area contributed by atoms with Crippen molar-refractivity contribution in [2.45, 2.75) is 58.8 Å². The molecule has 2 heterocycles. The molecule has 0 saturated heterocycles. The number of nitrogens with zero attached hydrogens (tertiary/aromatic N) is 1. The molecule has 1 unspecified atom stereocenters. The van der Waals surface area contributed by atoms with Gasteiger partial charge in [0, 0.05) is 28.8 Å². The predicted molar refractivity (Wildman–Crippen MR) is 129 cm³/mol. The van der Waals surface area contributed by atoms with Crippen molar-refractivity contribution in [3.63, 3.8) is 0 Å². The molecular weight excluding hydrogens is 430 g/mol. The Hall–Kier alpha value is -3.35. The van der Waals surface area contributed by atoms with Gasteiger partial charge in [-0.3, -0.25) is 0 Å². The van der Waals surface area contributed by atoms with Gasteiger partial charge >= 0.3 is 11.9 Å². The molecule has 0 bridgehead atoms. The Labute approximate surface area is 200 Å². The first kappa shape index (κ1) is 23.8. The number of allylic oxidation sites excluding steroid dienone is 2. The average Bonchev–Trinajstić information content (AvgIpc) is 3.33. The van der Waals surface area contributed by atoms with Crippen molar-refractivity contribution in [1.82, 2.24) is 15.3 Å². The molecule has 34 heavy (non-hydrogen) atoms. The van der Waals surface area contributed by atoms with Crippen LogP contribution in [0.1, 0.15) is 64.5 Å². The number of esters is 2. The second-order valence-corrected chi connectivity index (χ2v) is 9.01. The molecule has 1 fully saturated rings. The number of nitrogens with one attached hydrogen (secondary N) is 2. The Morgan fingerprint density at radius 3 is 2.26 bits per heavy atom. The zero-order valence-electron chi connectivity index (χ0n) is 20.1. The van der Waals surface area contributed by atoms with Crippen LogP contribution < -0.4 is 5.32 Å². The van der Waals surface area contributed by atoms with Crippen LogP contribution >= 0.6 is 0 Å². The van der Waals surface area contributed by atoms with E-state index >= 15 is 0 Å². The van der Waals surface area contributed by atoms with Crippen LogP contribution in [0.4, 0.5) is 0 Å². The minimum absolute atomic E-state index is 0.241. The van der Waals surface area contributed by atoms with Gasteiger partial charge in [-0.05, 0) is 39.5 Å². The van der Waals surface area contributed by atoms with Crippen molar-refractivity contribution < 1.29 is 19.1 Å². The van der Waals surface area contributed by atoms with Gasteiger partial charge in [0.1, 0.15) is 5.82 Å². The van der Waals surface area contributed by atoms with E-state index in [0.29, 0.717) is 46.6 Å². The van der Waals surface area contributed by atoms with E-state index in [0.717, 1.165) is 18.4 Å². The highest BCUT2D eigenvalue weighted by atomic mass is 16.5. The fraction of sp³-hybridized carbons (Fsp3) is 0.444. The van der Waals surface area contributed by atoms with E-state index in [2.05, 4.69) is 15.3 Å². The number of aromatic amines is 1. The normalized spacial score (nSPS) is 19.1. The molecule has 1 aliphatic carbocycles. The summed E-state index contributed by atoms with van der Waals surface area (Å²) in [7, 11) is 0. The Kier molecular flexibility index (Phi) is 7.50. The Morgan fingerprint density at radius 1 is 0.971 bits per heavy atom. The van der Waals surface area contributed by atoms with E-state index in [9.17, 15) is 9.59 Å². The van der Waals surface area contributed by atoms with Gasteiger partial charge in [0.2, 0.25) is 0 Å². The molecule has 2 aromatic rings. The number of dihydropyridines is 1. The Bertz CT molecular complexity index is 1090. The topological polar surface area (TPSA) is 93.3 Å². The first-order valence-corrected chi connectivity index (χ1v) is 12.1. The van der Waals surface area contributed by atoms with E-state index in [4.69, 9.17) is 9.47 Å². The summed E-state index contributed by atoms with van der Waals surface area (Å²) in [6.07, 6.45) is 7.46. The third-order valence-electron chi connectivity index (χ3n) is 6.60. The van der Waals surface area contributed by atoms with E-state index in [1.807, 2.05) is 44.2 Å². The lowest BCUT2D eigenvalue weighted by atomic mass is 9.83. The summed E-state index contributed by atoms with van der Waals surface area (Å²) in [5.41, 5.74) is 3.68. The maximum atomic E-state index is 13.4. The number of ether oxygens (including phenoxy) is 2. The van der Waals surface area contributed by atoms with E-state index < -0.39 is 17.9 Å². The SMILES string of the molecule is CCOC(=O)C1=C(C)NC(C)=C(C(=O)OCC2CCCCC2)C1c1cnc(-c2ccccc2)[nH]1. The highest BCUT2D eigenvalue weighted by Gasteiger charge is 2.39. The van der Waals surface area contributed by atoms with Crippen molar-refractivity contribution in [2.75, 3.05) is 13.2 Å². The van der Waals surface area contributed by atoms with E-state index in [1.165, 1.54) is 19.3 Å². The summed E-state index contributed by atoms with van der Waals surface area (Å²) in [6, 6.07) is 9.73. The van der Waals surface area contributed by atoms with Gasteiger partial charge < -0.3 is 19.8 Å². The zero-order chi connectivity index (χ0) is 24.1. The van der Waals surface area contributed by atoms with Gasteiger partial charge in [-0.25, -0.2) is 14.6 Å². The molecule has 180 valence electrons. The first-order valence-electron chi connectivity index (χ1n) is 12.1. The fourth-order valence-corrected chi connectivity index (χ4v) is 4.90. The number of carbonyl (C=O) groups is 2. The van der Waals surface area contributed by atoms with Gasteiger partial charge in [0.25, 0.3) is 0 Å². The van der Waals surface area contributed by atoms with Crippen LogP contribution in [-0.2, 0) is 19.1 Å². The summed E-state index contributed by atoms with van der Waals surface area (Å²) < 4.78 is 11.2.